The van der Waals surface area contributed by atoms with Crippen LogP contribution in [0.15, 0.2) is 45.6 Å². The van der Waals surface area contributed by atoms with E-state index in [9.17, 15) is 70.9 Å². The molecule has 3 saturated heterocycles. The van der Waals surface area contributed by atoms with Crippen molar-refractivity contribution < 1.29 is 104 Å². The zero-order chi connectivity index (χ0) is 43.0. The van der Waals surface area contributed by atoms with E-state index < -0.39 is 146 Å². The Labute approximate surface area is 333 Å². The van der Waals surface area contributed by atoms with Crippen LogP contribution in [-0.2, 0) is 28.5 Å². The number of ether oxygens (including phenoxy) is 7. The van der Waals surface area contributed by atoms with E-state index in [2.05, 4.69) is 0 Å². The first-order valence-electron chi connectivity index (χ1n) is 18.4. The maximum atomic E-state index is 14.1. The molecule has 22 heteroatoms. The molecule has 6 rings (SSSR count). The Morgan fingerprint density at radius 1 is 0.746 bits per heavy atom. The van der Waals surface area contributed by atoms with Gasteiger partial charge in [-0.2, -0.15) is 0 Å². The van der Waals surface area contributed by atoms with Crippen molar-refractivity contribution in [3.63, 3.8) is 0 Å². The lowest BCUT2D eigenvalue weighted by Gasteiger charge is -2.45. The third-order valence-corrected chi connectivity index (χ3v) is 10.2. The summed E-state index contributed by atoms with van der Waals surface area (Å²) in [5, 5.41) is 124. The highest BCUT2D eigenvalue weighted by molar-refractivity contribution is 5.88. The molecule has 3 aliphatic rings. The standard InChI is InChI=1S/C37H46O22/c1-12(9-38)34(51)52-11-20-23(43)26(46)29(49)37(57-20)58-31-13(2)53-35(30(50)27(31)47)59-33-24(44)21-17(41)7-16(54-36-28(48)25(45)22(42)19(10-39)56-36)8-18(21)55-32(33)14-3-5-15(40)6-4-14/h3-8,12-13,19-20,22-23,25-31,35-43,45-50H,9-11H2,1-2H3/t12-,13+,19-,20-,22-,23-,25+,26+,27+,28-,29-,30-,31+,35+,36-,37+/m1/s1. The van der Waals surface area contributed by atoms with Crippen molar-refractivity contribution in [1.29, 1.82) is 0 Å². The molecule has 0 bridgehead atoms. The second kappa shape index (κ2) is 18.2. The summed E-state index contributed by atoms with van der Waals surface area (Å²) in [7, 11) is 0. The Morgan fingerprint density at radius 2 is 1.34 bits per heavy atom. The molecule has 2 aromatic carbocycles. The molecule has 0 radical (unpaired) electrons. The molecule has 3 fully saturated rings. The average Bonchev–Trinajstić information content (AvgIpc) is 3.21. The summed E-state index contributed by atoms with van der Waals surface area (Å²) < 4.78 is 45.0. The van der Waals surface area contributed by atoms with Crippen LogP contribution >= 0.6 is 0 Å². The van der Waals surface area contributed by atoms with Gasteiger partial charge in [0.25, 0.3) is 0 Å². The molecule has 4 heterocycles. The molecule has 12 N–H and O–H groups in total. The van der Waals surface area contributed by atoms with Gasteiger partial charge < -0.3 is 98.9 Å². The molecule has 3 aromatic rings. The van der Waals surface area contributed by atoms with E-state index in [1.807, 2.05) is 0 Å². The predicted molar refractivity (Wildman–Crippen MR) is 191 cm³/mol. The Morgan fingerprint density at radius 3 is 1.98 bits per heavy atom. The molecule has 0 amide bonds. The van der Waals surface area contributed by atoms with Gasteiger partial charge in [0.1, 0.15) is 102 Å². The maximum absolute atomic E-state index is 14.1. The van der Waals surface area contributed by atoms with Gasteiger partial charge in [-0.1, -0.05) is 0 Å². The van der Waals surface area contributed by atoms with Crippen molar-refractivity contribution in [3.8, 4) is 34.3 Å². The van der Waals surface area contributed by atoms with Gasteiger partial charge in [-0.25, -0.2) is 0 Å². The fraction of sp³-hybridized carbons (Fsp3) is 0.568. The fourth-order valence-corrected chi connectivity index (χ4v) is 6.64. The smallest absolute Gasteiger partial charge is 0.311 e. The van der Waals surface area contributed by atoms with Crippen LogP contribution in [0.1, 0.15) is 13.8 Å². The Kier molecular flexibility index (Phi) is 13.6. The van der Waals surface area contributed by atoms with E-state index in [0.29, 0.717) is 0 Å². The first-order chi connectivity index (χ1) is 27.9. The second-order valence-electron chi connectivity index (χ2n) is 14.4. The van der Waals surface area contributed by atoms with Crippen LogP contribution in [0.2, 0.25) is 0 Å². The van der Waals surface area contributed by atoms with Gasteiger partial charge in [0.05, 0.1) is 25.2 Å². The monoisotopic (exact) mass is 842 g/mol. The Hall–Kier alpha value is -4.24. The van der Waals surface area contributed by atoms with Crippen LogP contribution in [-0.4, -0.2) is 179 Å². The van der Waals surface area contributed by atoms with Gasteiger partial charge in [-0.15, -0.1) is 0 Å². The SMILES string of the molecule is C[C@H](CO)C(=O)OC[C@H]1O[C@@H](O[C@@H]2[C@@H](O)[C@@H](O)[C@H](Oc3c(-c4ccc(O)cc4)oc4cc(O[C@@H]5O[C@H](CO)[C@@H](O)[C@H](O)[C@H]5O)cc(O)c4c3=O)O[C@H]2C)[C@H](O)[C@@H](O)[C@@H]1O. The summed E-state index contributed by atoms with van der Waals surface area (Å²) in [6.45, 7) is 0.854. The molecule has 16 atom stereocenters. The first-order valence-corrected chi connectivity index (χ1v) is 18.4. The number of benzene rings is 2. The van der Waals surface area contributed by atoms with E-state index in [0.717, 1.165) is 12.1 Å². The molecular weight excluding hydrogens is 796 g/mol. The molecule has 3 aliphatic heterocycles. The summed E-state index contributed by atoms with van der Waals surface area (Å²) in [5.74, 6) is -3.92. The summed E-state index contributed by atoms with van der Waals surface area (Å²) in [5.41, 5.74) is -1.24. The zero-order valence-electron chi connectivity index (χ0n) is 31.3. The number of aliphatic hydroxyl groups is 10. The number of phenols is 2. The molecule has 0 unspecified atom stereocenters. The molecule has 0 saturated carbocycles. The third-order valence-electron chi connectivity index (χ3n) is 10.2. The normalized spacial score (nSPS) is 35.6. The predicted octanol–water partition coefficient (Wildman–Crippen LogP) is -3.74. The molecule has 1 aromatic heterocycles. The van der Waals surface area contributed by atoms with E-state index in [1.165, 1.54) is 38.1 Å². The summed E-state index contributed by atoms with van der Waals surface area (Å²) in [4.78, 5) is 26.2. The molecule has 59 heavy (non-hydrogen) atoms. The van der Waals surface area contributed by atoms with E-state index in [4.69, 9.17) is 37.6 Å². The highest BCUT2D eigenvalue weighted by atomic mass is 16.7. The average molecular weight is 843 g/mol. The lowest BCUT2D eigenvalue weighted by molar-refractivity contribution is -0.349. The number of hydrogen-bond acceptors (Lipinski definition) is 22. The summed E-state index contributed by atoms with van der Waals surface area (Å²) in [6.07, 6.45) is -25.6. The van der Waals surface area contributed by atoms with Crippen LogP contribution in [0.4, 0.5) is 0 Å². The number of esters is 1. The molecule has 22 nitrogen and oxygen atoms in total. The number of aromatic hydroxyl groups is 2. The van der Waals surface area contributed by atoms with Crippen LogP contribution < -0.4 is 14.9 Å². The van der Waals surface area contributed by atoms with Crippen LogP contribution in [0.5, 0.6) is 23.0 Å². The van der Waals surface area contributed by atoms with Crippen molar-refractivity contribution in [2.45, 2.75) is 106 Å². The zero-order valence-corrected chi connectivity index (χ0v) is 31.3. The minimum Gasteiger partial charge on any atom is -0.508 e. The summed E-state index contributed by atoms with van der Waals surface area (Å²) in [6, 6.07) is 7.23. The largest absolute Gasteiger partial charge is 0.508 e. The lowest BCUT2D eigenvalue weighted by atomic mass is 9.97. The Balaban J connectivity index is 1.25. The lowest BCUT2D eigenvalue weighted by Crippen LogP contribution is -2.64. The molecule has 0 aliphatic carbocycles. The minimum absolute atomic E-state index is 0.117. The number of hydrogen-bond donors (Lipinski definition) is 12. The van der Waals surface area contributed by atoms with E-state index >= 15 is 0 Å². The van der Waals surface area contributed by atoms with Gasteiger partial charge in [0.2, 0.25) is 23.8 Å². The molecular formula is C37H46O22. The number of fused-ring (bicyclic) bond motifs is 1. The number of phenolic OH excluding ortho intramolecular Hbond substituents is 2. The van der Waals surface area contributed by atoms with Crippen molar-refractivity contribution in [2.24, 2.45) is 5.92 Å². The van der Waals surface area contributed by atoms with Crippen molar-refractivity contribution >= 4 is 16.9 Å². The first kappa shape index (κ1) is 44.3. The van der Waals surface area contributed by atoms with E-state index in [-0.39, 0.29) is 28.4 Å². The van der Waals surface area contributed by atoms with Crippen LogP contribution in [0.3, 0.4) is 0 Å². The van der Waals surface area contributed by atoms with Crippen molar-refractivity contribution in [1.82, 2.24) is 0 Å². The molecule has 326 valence electrons. The summed E-state index contributed by atoms with van der Waals surface area (Å²) >= 11 is 0. The Bertz CT molecular complexity index is 1970. The van der Waals surface area contributed by atoms with Gasteiger partial charge in [0.15, 0.2) is 12.1 Å². The van der Waals surface area contributed by atoms with Crippen molar-refractivity contribution in [3.05, 3.63) is 46.6 Å². The second-order valence-corrected chi connectivity index (χ2v) is 14.4. The fourth-order valence-electron chi connectivity index (χ4n) is 6.64. The van der Waals surface area contributed by atoms with E-state index in [1.54, 1.807) is 0 Å². The van der Waals surface area contributed by atoms with Gasteiger partial charge >= 0.3 is 5.97 Å². The number of carbonyl (C=O) groups is 1. The third kappa shape index (κ3) is 8.96. The van der Waals surface area contributed by atoms with Gasteiger partial charge in [0, 0.05) is 17.7 Å². The minimum atomic E-state index is -2.02. The topological polar surface area (TPSA) is 355 Å². The highest BCUT2D eigenvalue weighted by Crippen LogP contribution is 2.39. The highest BCUT2D eigenvalue weighted by Gasteiger charge is 2.51. The van der Waals surface area contributed by atoms with Crippen molar-refractivity contribution in [2.75, 3.05) is 19.8 Å². The maximum Gasteiger partial charge on any atom is 0.311 e. The van der Waals surface area contributed by atoms with Gasteiger partial charge in [-0.05, 0) is 38.1 Å². The molecule has 0 spiro atoms. The van der Waals surface area contributed by atoms with Gasteiger partial charge in [-0.3, -0.25) is 9.59 Å². The van der Waals surface area contributed by atoms with Crippen LogP contribution in [0, 0.1) is 5.92 Å². The number of aliphatic hydroxyl groups excluding tert-OH is 10. The van der Waals surface area contributed by atoms with Crippen LogP contribution in [0.25, 0.3) is 22.3 Å². The number of rotatable bonds is 12. The number of carbonyl (C=O) groups excluding carboxylic acids is 1. The quantitative estimate of drug-likeness (QED) is 0.0780.